The van der Waals surface area contributed by atoms with Crippen LogP contribution in [0, 0.1) is 0 Å². The highest BCUT2D eigenvalue weighted by atomic mass is 16.2. The molecule has 0 spiro atoms. The second-order valence-corrected chi connectivity index (χ2v) is 3.96. The average molecular weight is 258 g/mol. The van der Waals surface area contributed by atoms with E-state index in [1.54, 1.807) is 0 Å². The number of nitrogens with two attached hydrogens (primary N) is 1. The van der Waals surface area contributed by atoms with Crippen LogP contribution >= 0.6 is 0 Å². The van der Waals surface area contributed by atoms with Crippen molar-refractivity contribution >= 4 is 18.0 Å². The fraction of sp³-hybridized carbons (Fsp3) is 0.154. The maximum absolute atomic E-state index is 11.4. The minimum absolute atomic E-state index is 0.0179. The molecule has 3 N–H and O–H groups in total. The first kappa shape index (κ1) is 12.8. The molecule has 6 heteroatoms. The van der Waals surface area contributed by atoms with Gasteiger partial charge in [-0.2, -0.15) is 5.10 Å². The molecule has 0 aliphatic rings. The number of aldehydes is 1. The van der Waals surface area contributed by atoms with Crippen LogP contribution in [0.3, 0.4) is 0 Å². The Bertz CT molecular complexity index is 605. The van der Waals surface area contributed by atoms with Crippen molar-refractivity contribution in [3.8, 4) is 11.3 Å². The molecule has 0 atom stereocenters. The third-order valence-electron chi connectivity index (χ3n) is 2.77. The average Bonchev–Trinajstić information content (AvgIpc) is 2.76. The maximum Gasteiger partial charge on any atom is 0.241 e. The molecule has 0 bridgehead atoms. The molecule has 2 aromatic rings. The summed E-state index contributed by atoms with van der Waals surface area (Å²) in [5.74, 6) is -0.0382. The van der Waals surface area contributed by atoms with Gasteiger partial charge in [0.2, 0.25) is 5.91 Å². The van der Waals surface area contributed by atoms with Gasteiger partial charge in [0.25, 0.3) is 0 Å². The quantitative estimate of drug-likeness (QED) is 0.789. The van der Waals surface area contributed by atoms with Gasteiger partial charge < -0.3 is 11.1 Å². The van der Waals surface area contributed by atoms with Crippen LogP contribution in [0.4, 0.5) is 5.82 Å². The van der Waals surface area contributed by atoms with Crippen molar-refractivity contribution in [1.82, 2.24) is 15.1 Å². The second-order valence-electron chi connectivity index (χ2n) is 3.96. The largest absolute Gasteiger partial charge is 0.383 e. The fourth-order valence-corrected chi connectivity index (χ4v) is 1.75. The summed E-state index contributed by atoms with van der Waals surface area (Å²) in [4.78, 5) is 22.5. The summed E-state index contributed by atoms with van der Waals surface area (Å²) in [7, 11) is 1.53. The summed E-state index contributed by atoms with van der Waals surface area (Å²) in [5, 5.41) is 6.72. The lowest BCUT2D eigenvalue weighted by molar-refractivity contribution is -0.121. The van der Waals surface area contributed by atoms with Gasteiger partial charge in [-0.05, 0) is 0 Å². The summed E-state index contributed by atoms with van der Waals surface area (Å²) in [5.41, 5.74) is 7.41. The third-order valence-corrected chi connectivity index (χ3v) is 2.77. The summed E-state index contributed by atoms with van der Waals surface area (Å²) in [6.07, 6.45) is 0.658. The van der Waals surface area contributed by atoms with E-state index >= 15 is 0 Å². The van der Waals surface area contributed by atoms with Gasteiger partial charge in [0, 0.05) is 12.6 Å². The highest BCUT2D eigenvalue weighted by Gasteiger charge is 2.17. The smallest absolute Gasteiger partial charge is 0.241 e. The van der Waals surface area contributed by atoms with E-state index in [1.165, 1.54) is 11.7 Å². The highest BCUT2D eigenvalue weighted by molar-refractivity contribution is 5.92. The monoisotopic (exact) mass is 258 g/mol. The molecule has 0 saturated heterocycles. The molecule has 19 heavy (non-hydrogen) atoms. The van der Waals surface area contributed by atoms with Gasteiger partial charge in [-0.3, -0.25) is 9.59 Å². The minimum atomic E-state index is -0.230. The molecule has 6 nitrogen and oxygen atoms in total. The maximum atomic E-state index is 11.4. The van der Waals surface area contributed by atoms with Gasteiger partial charge in [-0.1, -0.05) is 30.3 Å². The first-order valence-corrected chi connectivity index (χ1v) is 5.74. The molecular formula is C13H14N4O2. The lowest BCUT2D eigenvalue weighted by atomic mass is 10.1. The molecule has 98 valence electrons. The summed E-state index contributed by atoms with van der Waals surface area (Å²) in [6.45, 7) is -0.0179. The number of hydrogen-bond donors (Lipinski definition) is 2. The Morgan fingerprint density at radius 3 is 2.68 bits per heavy atom. The van der Waals surface area contributed by atoms with Crippen molar-refractivity contribution in [2.45, 2.75) is 6.54 Å². The van der Waals surface area contributed by atoms with Crippen LogP contribution in [0.1, 0.15) is 10.4 Å². The van der Waals surface area contributed by atoms with Gasteiger partial charge in [-0.25, -0.2) is 4.68 Å². The van der Waals surface area contributed by atoms with Crippen LogP contribution in [0.25, 0.3) is 11.3 Å². The molecule has 0 aliphatic carbocycles. The van der Waals surface area contributed by atoms with Gasteiger partial charge in [0.1, 0.15) is 18.1 Å². The van der Waals surface area contributed by atoms with Crippen LogP contribution in [-0.2, 0) is 11.3 Å². The lowest BCUT2D eigenvalue weighted by Crippen LogP contribution is -2.24. The number of hydrogen-bond acceptors (Lipinski definition) is 4. The van der Waals surface area contributed by atoms with Crippen molar-refractivity contribution in [3.05, 3.63) is 35.9 Å². The van der Waals surface area contributed by atoms with E-state index in [4.69, 9.17) is 5.73 Å². The topological polar surface area (TPSA) is 90.0 Å². The molecule has 1 amide bonds. The molecule has 0 unspecified atom stereocenters. The number of nitrogen functional groups attached to an aromatic ring is 1. The molecule has 0 aliphatic heterocycles. The number of carbonyl (C=O) groups is 2. The Labute approximate surface area is 110 Å². The molecule has 0 saturated carbocycles. The number of rotatable bonds is 4. The van der Waals surface area contributed by atoms with E-state index < -0.39 is 0 Å². The van der Waals surface area contributed by atoms with Crippen LogP contribution in [0.2, 0.25) is 0 Å². The van der Waals surface area contributed by atoms with E-state index in [-0.39, 0.29) is 18.3 Å². The van der Waals surface area contributed by atoms with E-state index in [2.05, 4.69) is 10.4 Å². The number of amides is 1. The number of likely N-dealkylation sites (N-methyl/N-ethyl adjacent to an activating group) is 1. The Balaban J connectivity index is 2.48. The van der Waals surface area contributed by atoms with E-state index in [1.807, 2.05) is 30.3 Å². The highest BCUT2D eigenvalue weighted by Crippen LogP contribution is 2.25. The number of anilines is 1. The summed E-state index contributed by atoms with van der Waals surface area (Å²) in [6, 6.07) is 9.22. The molecule has 1 aromatic carbocycles. The zero-order chi connectivity index (χ0) is 13.8. The first-order chi connectivity index (χ1) is 9.17. The molecule has 0 fully saturated rings. The Hall–Kier alpha value is -2.63. The van der Waals surface area contributed by atoms with Gasteiger partial charge in [-0.15, -0.1) is 0 Å². The van der Waals surface area contributed by atoms with Gasteiger partial charge in [0.05, 0.1) is 5.56 Å². The van der Waals surface area contributed by atoms with Crippen LogP contribution in [0.5, 0.6) is 0 Å². The Morgan fingerprint density at radius 2 is 2.11 bits per heavy atom. The predicted octanol–water partition coefficient (Wildman–Crippen LogP) is 0.691. The Kier molecular flexibility index (Phi) is 3.61. The molecular weight excluding hydrogens is 244 g/mol. The SMILES string of the molecule is CNC(=O)Cn1nc(-c2ccccc2)c(C=O)c1N. The summed E-state index contributed by atoms with van der Waals surface area (Å²) < 4.78 is 1.32. The van der Waals surface area contributed by atoms with Gasteiger partial charge >= 0.3 is 0 Å². The van der Waals surface area contributed by atoms with Crippen molar-refractivity contribution in [2.75, 3.05) is 12.8 Å². The normalized spacial score (nSPS) is 10.2. The van der Waals surface area contributed by atoms with Crippen LogP contribution < -0.4 is 11.1 Å². The second kappa shape index (κ2) is 5.34. The molecule has 0 radical (unpaired) electrons. The zero-order valence-corrected chi connectivity index (χ0v) is 10.5. The zero-order valence-electron chi connectivity index (χ0n) is 10.5. The van der Waals surface area contributed by atoms with Crippen molar-refractivity contribution < 1.29 is 9.59 Å². The van der Waals surface area contributed by atoms with Crippen LogP contribution in [-0.4, -0.2) is 29.0 Å². The van der Waals surface area contributed by atoms with Crippen molar-refractivity contribution in [2.24, 2.45) is 0 Å². The number of aromatic nitrogens is 2. The molecule has 2 rings (SSSR count). The van der Waals surface area contributed by atoms with E-state index in [0.29, 0.717) is 17.5 Å². The van der Waals surface area contributed by atoms with Crippen molar-refractivity contribution in [3.63, 3.8) is 0 Å². The van der Waals surface area contributed by atoms with Crippen molar-refractivity contribution in [1.29, 1.82) is 0 Å². The fourth-order valence-electron chi connectivity index (χ4n) is 1.75. The summed E-state index contributed by atoms with van der Waals surface area (Å²) >= 11 is 0. The standard InChI is InChI=1S/C13H14N4O2/c1-15-11(19)7-17-13(14)10(8-18)12(16-17)9-5-3-2-4-6-9/h2-6,8H,7,14H2,1H3,(H,15,19). The lowest BCUT2D eigenvalue weighted by Gasteiger charge is -2.02. The number of benzene rings is 1. The van der Waals surface area contributed by atoms with Crippen LogP contribution in [0.15, 0.2) is 30.3 Å². The Morgan fingerprint density at radius 1 is 1.42 bits per heavy atom. The minimum Gasteiger partial charge on any atom is -0.383 e. The number of nitrogens with zero attached hydrogens (tertiary/aromatic N) is 2. The molecule has 1 aromatic heterocycles. The van der Waals surface area contributed by atoms with Gasteiger partial charge in [0.15, 0.2) is 6.29 Å². The first-order valence-electron chi connectivity index (χ1n) is 5.74. The number of nitrogens with one attached hydrogen (secondary N) is 1. The van der Waals surface area contributed by atoms with E-state index in [0.717, 1.165) is 5.56 Å². The molecule has 1 heterocycles. The number of carbonyl (C=O) groups excluding carboxylic acids is 2. The third kappa shape index (κ3) is 2.47. The predicted molar refractivity (Wildman–Crippen MR) is 71.5 cm³/mol. The van der Waals surface area contributed by atoms with E-state index in [9.17, 15) is 9.59 Å².